The molecular weight excluding hydrogens is 352 g/mol. The van der Waals surface area contributed by atoms with E-state index in [1.165, 1.54) is 19.3 Å². The van der Waals surface area contributed by atoms with Gasteiger partial charge in [0.2, 0.25) is 5.91 Å². The van der Waals surface area contributed by atoms with Gasteiger partial charge in [-0.1, -0.05) is 6.42 Å². The zero-order chi connectivity index (χ0) is 17.4. The third kappa shape index (κ3) is 3.69. The van der Waals surface area contributed by atoms with Crippen LogP contribution >= 0.6 is 12.4 Å². The van der Waals surface area contributed by atoms with Crippen LogP contribution in [0.2, 0.25) is 0 Å². The topological polar surface area (TPSA) is 77.5 Å². The zero-order valence-corrected chi connectivity index (χ0v) is 15.9. The minimum absolute atomic E-state index is 0. The lowest BCUT2D eigenvalue weighted by Gasteiger charge is -2.45. The van der Waals surface area contributed by atoms with E-state index in [0.717, 1.165) is 35.1 Å². The summed E-state index contributed by atoms with van der Waals surface area (Å²) in [7, 11) is 1.63. The average molecular weight is 379 g/mol. The van der Waals surface area contributed by atoms with E-state index in [9.17, 15) is 4.79 Å². The van der Waals surface area contributed by atoms with Crippen molar-refractivity contribution in [1.82, 2.24) is 5.32 Å². The maximum Gasteiger partial charge on any atom is 0.224 e. The summed E-state index contributed by atoms with van der Waals surface area (Å²) in [5.41, 5.74) is 7.85. The molecule has 26 heavy (non-hydrogen) atoms. The van der Waals surface area contributed by atoms with Gasteiger partial charge in [0.15, 0.2) is 0 Å². The highest BCUT2D eigenvalue weighted by molar-refractivity contribution is 5.88. The van der Waals surface area contributed by atoms with Gasteiger partial charge < -0.3 is 20.2 Å². The van der Waals surface area contributed by atoms with Crippen molar-refractivity contribution in [2.75, 3.05) is 7.11 Å². The number of benzene rings is 1. The van der Waals surface area contributed by atoms with Gasteiger partial charge in [0.05, 0.1) is 19.8 Å². The highest BCUT2D eigenvalue weighted by atomic mass is 35.5. The molecule has 2 aromatic rings. The van der Waals surface area contributed by atoms with E-state index >= 15 is 0 Å². The molecule has 4 rings (SSSR count). The van der Waals surface area contributed by atoms with Crippen molar-refractivity contribution in [2.24, 2.45) is 17.6 Å². The fourth-order valence-electron chi connectivity index (χ4n) is 4.76. The summed E-state index contributed by atoms with van der Waals surface area (Å²) in [5, 5.41) is 4.28. The first-order valence-corrected chi connectivity index (χ1v) is 9.23. The van der Waals surface area contributed by atoms with Crippen LogP contribution < -0.4 is 15.8 Å². The number of furan rings is 1. The second kappa shape index (κ2) is 7.89. The van der Waals surface area contributed by atoms with E-state index in [4.69, 9.17) is 14.9 Å². The summed E-state index contributed by atoms with van der Waals surface area (Å²) in [4.78, 5) is 12.6. The molecule has 1 heterocycles. The molecule has 2 saturated carbocycles. The lowest BCUT2D eigenvalue weighted by Crippen LogP contribution is -2.54. The first kappa shape index (κ1) is 19.1. The van der Waals surface area contributed by atoms with Gasteiger partial charge in [-0.15, -0.1) is 12.4 Å². The minimum atomic E-state index is 0. The summed E-state index contributed by atoms with van der Waals surface area (Å²) in [5.74, 6) is 1.91. The largest absolute Gasteiger partial charge is 0.497 e. The fraction of sp³-hybridized carbons (Fsp3) is 0.550. The van der Waals surface area contributed by atoms with Gasteiger partial charge in [0.25, 0.3) is 0 Å². The number of carbonyl (C=O) groups is 1. The van der Waals surface area contributed by atoms with Crippen molar-refractivity contribution in [1.29, 1.82) is 0 Å². The number of hydrogen-bond donors (Lipinski definition) is 2. The molecule has 2 fully saturated rings. The van der Waals surface area contributed by atoms with Gasteiger partial charge in [0.1, 0.15) is 11.3 Å². The number of halogens is 1. The predicted molar refractivity (Wildman–Crippen MR) is 104 cm³/mol. The molecule has 2 aliphatic carbocycles. The van der Waals surface area contributed by atoms with Crippen LogP contribution in [0.15, 0.2) is 28.9 Å². The summed E-state index contributed by atoms with van der Waals surface area (Å²) >= 11 is 0. The molecule has 0 radical (unpaired) electrons. The third-order valence-electron chi connectivity index (χ3n) is 5.92. The predicted octanol–water partition coefficient (Wildman–Crippen LogP) is 3.43. The normalized spacial score (nSPS) is 27.6. The highest BCUT2D eigenvalue weighted by Crippen LogP contribution is 2.39. The standard InChI is InChI=1S/C20H26N2O3.ClH/c1-24-16-5-6-17-14(11-25-18(17)10-16)9-19(23)22-20-12-3-2-4-13(20)8-15(21)7-12;/h5-6,10-13,15,20H,2-4,7-9,21H2,1H3,(H,22,23);1H. The summed E-state index contributed by atoms with van der Waals surface area (Å²) < 4.78 is 10.8. The monoisotopic (exact) mass is 378 g/mol. The van der Waals surface area contributed by atoms with E-state index in [1.54, 1.807) is 13.4 Å². The van der Waals surface area contributed by atoms with Gasteiger partial charge in [0, 0.05) is 29.1 Å². The van der Waals surface area contributed by atoms with Crippen LogP contribution in [-0.2, 0) is 11.2 Å². The SMILES string of the molecule is COc1ccc2c(CC(=O)NC3C4CCCC3CC(N)C4)coc2c1.Cl. The van der Waals surface area contributed by atoms with Gasteiger partial charge in [-0.25, -0.2) is 0 Å². The van der Waals surface area contributed by atoms with Crippen molar-refractivity contribution in [3.8, 4) is 5.75 Å². The van der Waals surface area contributed by atoms with Gasteiger partial charge in [-0.05, 0) is 49.7 Å². The molecule has 6 heteroatoms. The van der Waals surface area contributed by atoms with E-state index in [2.05, 4.69) is 5.32 Å². The number of nitrogens with one attached hydrogen (secondary N) is 1. The number of ether oxygens (including phenoxy) is 1. The van der Waals surface area contributed by atoms with Crippen LogP contribution in [-0.4, -0.2) is 25.1 Å². The average Bonchev–Trinajstić information content (AvgIpc) is 2.97. The number of hydrogen-bond acceptors (Lipinski definition) is 4. The number of carbonyl (C=O) groups excluding carboxylic acids is 1. The van der Waals surface area contributed by atoms with E-state index < -0.39 is 0 Å². The Labute approximate surface area is 160 Å². The molecule has 3 N–H and O–H groups in total. The molecule has 2 unspecified atom stereocenters. The number of methoxy groups -OCH3 is 1. The molecule has 2 atom stereocenters. The minimum Gasteiger partial charge on any atom is -0.497 e. The quantitative estimate of drug-likeness (QED) is 0.854. The molecule has 1 aromatic heterocycles. The Bertz CT molecular complexity index is 762. The Morgan fingerprint density at radius 1 is 1.31 bits per heavy atom. The lowest BCUT2D eigenvalue weighted by atomic mass is 9.67. The molecule has 0 spiro atoms. The van der Waals surface area contributed by atoms with Crippen LogP contribution in [0.1, 0.15) is 37.7 Å². The van der Waals surface area contributed by atoms with Crippen molar-refractivity contribution in [3.05, 3.63) is 30.0 Å². The smallest absolute Gasteiger partial charge is 0.224 e. The van der Waals surface area contributed by atoms with Gasteiger partial charge in [-0.2, -0.15) is 0 Å². The highest BCUT2D eigenvalue weighted by Gasteiger charge is 2.39. The maximum absolute atomic E-state index is 12.6. The zero-order valence-electron chi connectivity index (χ0n) is 15.1. The van der Waals surface area contributed by atoms with Crippen LogP contribution in [0.5, 0.6) is 5.75 Å². The third-order valence-corrected chi connectivity index (χ3v) is 5.92. The number of nitrogens with two attached hydrogens (primary N) is 1. The molecule has 2 bridgehead atoms. The molecule has 0 saturated heterocycles. The summed E-state index contributed by atoms with van der Waals surface area (Å²) in [6.07, 6.45) is 7.74. The van der Waals surface area contributed by atoms with E-state index in [1.807, 2.05) is 18.2 Å². The van der Waals surface area contributed by atoms with Gasteiger partial charge >= 0.3 is 0 Å². The molecule has 1 aromatic carbocycles. The second-order valence-corrected chi connectivity index (χ2v) is 7.58. The van der Waals surface area contributed by atoms with Crippen molar-refractivity contribution >= 4 is 29.3 Å². The van der Waals surface area contributed by atoms with E-state index in [0.29, 0.717) is 30.3 Å². The fourth-order valence-corrected chi connectivity index (χ4v) is 4.76. The van der Waals surface area contributed by atoms with Crippen molar-refractivity contribution in [2.45, 2.75) is 50.6 Å². The number of amides is 1. The summed E-state index contributed by atoms with van der Waals surface area (Å²) in [6, 6.07) is 6.29. The molecule has 5 nitrogen and oxygen atoms in total. The number of rotatable bonds is 4. The molecule has 142 valence electrons. The first-order valence-electron chi connectivity index (χ1n) is 9.23. The van der Waals surface area contributed by atoms with Crippen LogP contribution in [0.3, 0.4) is 0 Å². The Balaban J connectivity index is 0.00000196. The van der Waals surface area contributed by atoms with Crippen LogP contribution in [0.4, 0.5) is 0 Å². The molecule has 2 aliphatic rings. The van der Waals surface area contributed by atoms with Crippen LogP contribution in [0, 0.1) is 11.8 Å². The Morgan fingerprint density at radius 3 is 2.73 bits per heavy atom. The Kier molecular flexibility index (Phi) is 5.78. The van der Waals surface area contributed by atoms with Crippen LogP contribution in [0.25, 0.3) is 11.0 Å². The second-order valence-electron chi connectivity index (χ2n) is 7.58. The van der Waals surface area contributed by atoms with Crippen molar-refractivity contribution < 1.29 is 13.9 Å². The maximum atomic E-state index is 12.6. The molecule has 0 aliphatic heterocycles. The lowest BCUT2D eigenvalue weighted by molar-refractivity contribution is -0.122. The van der Waals surface area contributed by atoms with Crippen molar-refractivity contribution in [3.63, 3.8) is 0 Å². The summed E-state index contributed by atoms with van der Waals surface area (Å²) in [6.45, 7) is 0. The number of fused-ring (bicyclic) bond motifs is 3. The Hall–Kier alpha value is -1.72. The molecule has 1 amide bonds. The Morgan fingerprint density at radius 2 is 2.04 bits per heavy atom. The molecular formula is C20H27ClN2O3. The van der Waals surface area contributed by atoms with E-state index in [-0.39, 0.29) is 18.3 Å². The van der Waals surface area contributed by atoms with Gasteiger partial charge in [-0.3, -0.25) is 4.79 Å². The first-order chi connectivity index (χ1) is 12.1.